The zero-order valence-corrected chi connectivity index (χ0v) is 12.1. The van der Waals surface area contributed by atoms with E-state index in [1.807, 2.05) is 13.0 Å². The topological polar surface area (TPSA) is 46.2 Å². The molecule has 17 heavy (non-hydrogen) atoms. The molecule has 1 rings (SSSR count). The van der Waals surface area contributed by atoms with E-state index in [1.54, 1.807) is 23.9 Å². The molecule has 3 N–H and O–H groups in total. The summed E-state index contributed by atoms with van der Waals surface area (Å²) in [6, 6.07) is 5.44. The number of rotatable bonds is 6. The van der Waals surface area contributed by atoms with Crippen LogP contribution in [0.15, 0.2) is 23.1 Å². The molecule has 0 saturated heterocycles. The summed E-state index contributed by atoms with van der Waals surface area (Å²) in [5, 5.41) is 10.4. The van der Waals surface area contributed by atoms with Gasteiger partial charge in [0.15, 0.2) is 0 Å². The van der Waals surface area contributed by atoms with Crippen molar-refractivity contribution in [1.82, 2.24) is 0 Å². The predicted octanol–water partition coefficient (Wildman–Crippen LogP) is 3.58. The summed E-state index contributed by atoms with van der Waals surface area (Å²) < 4.78 is 0. The average Bonchev–Trinajstić information content (AvgIpc) is 2.29. The minimum atomic E-state index is -0.487. The number of thioether (sulfide) groups is 1. The van der Waals surface area contributed by atoms with Crippen LogP contribution in [0.25, 0.3) is 0 Å². The first-order valence-corrected chi connectivity index (χ1v) is 7.16. The van der Waals surface area contributed by atoms with Crippen LogP contribution in [0.1, 0.15) is 19.8 Å². The Morgan fingerprint density at radius 1 is 1.41 bits per heavy atom. The number of aliphatic hydroxyl groups is 1. The first kappa shape index (κ1) is 15.1. The number of hydrogen-bond acceptors (Lipinski definition) is 3. The average molecular weight is 294 g/mol. The minimum Gasteiger partial charge on any atom is -0.394 e. The van der Waals surface area contributed by atoms with Crippen LogP contribution in [-0.2, 0) is 0 Å². The molecule has 0 radical (unpaired) electrons. The normalized spacial score (nSPS) is 14.6. The monoisotopic (exact) mass is 293 g/mol. The van der Waals surface area contributed by atoms with Gasteiger partial charge in [0.05, 0.1) is 11.6 Å². The van der Waals surface area contributed by atoms with Crippen LogP contribution < -0.4 is 5.73 Å². The fraction of sp³-hybridized carbons (Fsp3) is 0.500. The molecule has 1 unspecified atom stereocenters. The van der Waals surface area contributed by atoms with Crippen molar-refractivity contribution in [3.8, 4) is 0 Å². The zero-order valence-electron chi connectivity index (χ0n) is 9.75. The van der Waals surface area contributed by atoms with E-state index in [9.17, 15) is 0 Å². The maximum atomic E-state index is 9.02. The lowest BCUT2D eigenvalue weighted by molar-refractivity contribution is 0.200. The molecule has 0 fully saturated rings. The molecule has 0 heterocycles. The SMILES string of the molecule is CC(N)(CO)CCCSc1cc(Cl)ccc1Cl. The summed E-state index contributed by atoms with van der Waals surface area (Å²) in [6.07, 6.45) is 1.72. The van der Waals surface area contributed by atoms with E-state index < -0.39 is 5.54 Å². The third-order valence-electron chi connectivity index (χ3n) is 2.40. The summed E-state index contributed by atoms with van der Waals surface area (Å²) in [6.45, 7) is 1.86. The quantitative estimate of drug-likeness (QED) is 0.623. The van der Waals surface area contributed by atoms with Gasteiger partial charge in [0, 0.05) is 15.5 Å². The lowest BCUT2D eigenvalue weighted by Crippen LogP contribution is -2.40. The Morgan fingerprint density at radius 3 is 2.76 bits per heavy atom. The van der Waals surface area contributed by atoms with E-state index >= 15 is 0 Å². The van der Waals surface area contributed by atoms with Gasteiger partial charge in [-0.2, -0.15) is 0 Å². The first-order valence-electron chi connectivity index (χ1n) is 5.42. The van der Waals surface area contributed by atoms with Crippen molar-refractivity contribution >= 4 is 35.0 Å². The lowest BCUT2D eigenvalue weighted by atomic mass is 9.99. The lowest BCUT2D eigenvalue weighted by Gasteiger charge is -2.21. The Labute approximate surface area is 116 Å². The van der Waals surface area contributed by atoms with Crippen molar-refractivity contribution in [2.75, 3.05) is 12.4 Å². The van der Waals surface area contributed by atoms with Crippen molar-refractivity contribution in [3.63, 3.8) is 0 Å². The van der Waals surface area contributed by atoms with Crippen LogP contribution in [0.5, 0.6) is 0 Å². The summed E-state index contributed by atoms with van der Waals surface area (Å²) in [7, 11) is 0. The summed E-state index contributed by atoms with van der Waals surface area (Å²) >= 11 is 13.6. The molecule has 0 aromatic heterocycles. The largest absolute Gasteiger partial charge is 0.394 e. The molecule has 0 saturated carbocycles. The highest BCUT2D eigenvalue weighted by Crippen LogP contribution is 2.30. The van der Waals surface area contributed by atoms with Gasteiger partial charge in [0.1, 0.15) is 0 Å². The van der Waals surface area contributed by atoms with E-state index in [0.29, 0.717) is 5.02 Å². The van der Waals surface area contributed by atoms with Gasteiger partial charge in [-0.15, -0.1) is 11.8 Å². The van der Waals surface area contributed by atoms with Crippen molar-refractivity contribution in [2.24, 2.45) is 5.73 Å². The maximum absolute atomic E-state index is 9.02. The molecule has 0 amide bonds. The smallest absolute Gasteiger partial charge is 0.0608 e. The Bertz CT molecular complexity index is 372. The fourth-order valence-corrected chi connectivity index (χ4v) is 2.77. The molecule has 1 aromatic carbocycles. The Kier molecular flexibility index (Phi) is 6.10. The number of nitrogens with two attached hydrogens (primary N) is 1. The molecule has 0 spiro atoms. The number of hydrogen-bond donors (Lipinski definition) is 2. The number of halogens is 2. The van der Waals surface area contributed by atoms with E-state index in [4.69, 9.17) is 34.0 Å². The van der Waals surface area contributed by atoms with Crippen molar-refractivity contribution in [2.45, 2.75) is 30.2 Å². The van der Waals surface area contributed by atoms with Gasteiger partial charge in [0.25, 0.3) is 0 Å². The highest BCUT2D eigenvalue weighted by molar-refractivity contribution is 7.99. The van der Waals surface area contributed by atoms with Crippen LogP contribution in [0.2, 0.25) is 10.0 Å². The van der Waals surface area contributed by atoms with Gasteiger partial charge in [-0.1, -0.05) is 23.2 Å². The number of benzene rings is 1. The van der Waals surface area contributed by atoms with Crippen LogP contribution in [-0.4, -0.2) is 23.0 Å². The molecule has 1 atom stereocenters. The summed E-state index contributed by atoms with van der Waals surface area (Å²) in [4.78, 5) is 0.988. The van der Waals surface area contributed by atoms with E-state index in [0.717, 1.165) is 28.5 Å². The molecule has 0 aliphatic carbocycles. The molecular weight excluding hydrogens is 277 g/mol. The molecule has 96 valence electrons. The third-order valence-corrected chi connectivity index (χ3v) is 4.22. The third kappa shape index (κ3) is 5.49. The highest BCUT2D eigenvalue weighted by Gasteiger charge is 2.16. The molecule has 5 heteroatoms. The van der Waals surface area contributed by atoms with Crippen molar-refractivity contribution in [1.29, 1.82) is 0 Å². The van der Waals surface area contributed by atoms with Gasteiger partial charge in [-0.3, -0.25) is 0 Å². The molecular formula is C12H17Cl2NOS. The van der Waals surface area contributed by atoms with Gasteiger partial charge in [-0.25, -0.2) is 0 Å². The molecule has 0 aliphatic rings. The standard InChI is InChI=1S/C12H17Cl2NOS/c1-12(15,8-16)5-2-6-17-11-7-9(13)3-4-10(11)14/h3-4,7,16H,2,5-6,8,15H2,1H3. The van der Waals surface area contributed by atoms with E-state index in [-0.39, 0.29) is 6.61 Å². The second-order valence-electron chi connectivity index (χ2n) is 4.34. The Balaban J connectivity index is 2.38. The molecule has 2 nitrogen and oxygen atoms in total. The second kappa shape index (κ2) is 6.86. The second-order valence-corrected chi connectivity index (χ2v) is 6.32. The van der Waals surface area contributed by atoms with Gasteiger partial charge in [0.2, 0.25) is 0 Å². The zero-order chi connectivity index (χ0) is 12.9. The van der Waals surface area contributed by atoms with Crippen LogP contribution in [0.4, 0.5) is 0 Å². The molecule has 0 aliphatic heterocycles. The first-order chi connectivity index (χ1) is 7.94. The van der Waals surface area contributed by atoms with Crippen LogP contribution in [0.3, 0.4) is 0 Å². The van der Waals surface area contributed by atoms with E-state index in [1.165, 1.54) is 0 Å². The summed E-state index contributed by atoms with van der Waals surface area (Å²) in [5.41, 5.74) is 5.36. The predicted molar refractivity (Wildman–Crippen MR) is 76.1 cm³/mol. The Morgan fingerprint density at radius 2 is 2.12 bits per heavy atom. The van der Waals surface area contributed by atoms with Gasteiger partial charge >= 0.3 is 0 Å². The van der Waals surface area contributed by atoms with Crippen LogP contribution >= 0.6 is 35.0 Å². The van der Waals surface area contributed by atoms with Crippen molar-refractivity contribution < 1.29 is 5.11 Å². The van der Waals surface area contributed by atoms with Gasteiger partial charge in [-0.05, 0) is 43.7 Å². The minimum absolute atomic E-state index is 0.00951. The highest BCUT2D eigenvalue weighted by atomic mass is 35.5. The fourth-order valence-electron chi connectivity index (χ4n) is 1.32. The van der Waals surface area contributed by atoms with Crippen LogP contribution in [0, 0.1) is 0 Å². The van der Waals surface area contributed by atoms with Gasteiger partial charge < -0.3 is 10.8 Å². The van der Waals surface area contributed by atoms with Crippen molar-refractivity contribution in [3.05, 3.63) is 28.2 Å². The molecule has 0 bridgehead atoms. The Hall–Kier alpha value is 0.0700. The molecule has 1 aromatic rings. The van der Waals surface area contributed by atoms with E-state index in [2.05, 4.69) is 0 Å². The maximum Gasteiger partial charge on any atom is 0.0608 e. The number of aliphatic hydroxyl groups excluding tert-OH is 1. The summed E-state index contributed by atoms with van der Waals surface area (Å²) in [5.74, 6) is 0.910.